The molecule has 0 radical (unpaired) electrons. The molecular weight excluding hydrogens is 215 g/mol. The summed E-state index contributed by atoms with van der Waals surface area (Å²) in [5.41, 5.74) is -0.0236. The first-order valence-corrected chi connectivity index (χ1v) is 4.46. The number of hydrogen-bond acceptors (Lipinski definition) is 4. The molecule has 1 aliphatic rings. The lowest BCUT2D eigenvalue weighted by Gasteiger charge is -2.05. The summed E-state index contributed by atoms with van der Waals surface area (Å²) >= 11 is 0. The van der Waals surface area contributed by atoms with Crippen LogP contribution in [0.15, 0.2) is 12.1 Å². The summed E-state index contributed by atoms with van der Waals surface area (Å²) in [6.07, 6.45) is -0.326. The van der Waals surface area contributed by atoms with E-state index in [1.807, 2.05) is 0 Å². The predicted molar refractivity (Wildman–Crippen MR) is 51.4 cm³/mol. The number of hydrogen-bond donors (Lipinski definition) is 1. The molecule has 0 fully saturated rings. The Bertz CT molecular complexity index is 482. The fourth-order valence-electron chi connectivity index (χ4n) is 1.28. The number of nitrogens with zero attached hydrogens (tertiary/aromatic N) is 1. The highest BCUT2D eigenvalue weighted by molar-refractivity contribution is 5.92. The molecule has 0 aromatic heterocycles. The lowest BCUT2D eigenvalue weighted by atomic mass is 10.2. The van der Waals surface area contributed by atoms with Gasteiger partial charge in [0.25, 0.3) is 0 Å². The number of rotatable bonds is 2. The van der Waals surface area contributed by atoms with Crippen molar-refractivity contribution in [1.82, 2.24) is 0 Å². The first-order valence-electron chi connectivity index (χ1n) is 4.46. The molecule has 6 heteroatoms. The van der Waals surface area contributed by atoms with Gasteiger partial charge in [0, 0.05) is 12.1 Å². The molecule has 0 spiro atoms. The number of fused-ring (bicyclic) bond motifs is 1. The van der Waals surface area contributed by atoms with Crippen molar-refractivity contribution in [3.05, 3.63) is 17.9 Å². The highest BCUT2D eigenvalue weighted by Gasteiger charge is 2.18. The van der Waals surface area contributed by atoms with E-state index in [0.29, 0.717) is 11.5 Å². The van der Waals surface area contributed by atoms with Crippen molar-refractivity contribution in [2.24, 2.45) is 0 Å². The Labute approximate surface area is 90.4 Å². The van der Waals surface area contributed by atoms with E-state index in [1.165, 1.54) is 6.07 Å². The number of ether oxygens (including phenoxy) is 2. The maximum absolute atomic E-state index is 13.4. The molecule has 1 heterocycles. The molecule has 0 saturated heterocycles. The molecule has 0 bridgehead atoms. The zero-order valence-electron chi connectivity index (χ0n) is 8.12. The smallest absolute Gasteiger partial charge is 0.238 e. The van der Waals surface area contributed by atoms with Crippen molar-refractivity contribution in [1.29, 1.82) is 5.26 Å². The summed E-state index contributed by atoms with van der Waals surface area (Å²) < 4.78 is 23.4. The van der Waals surface area contributed by atoms with Crippen LogP contribution in [-0.4, -0.2) is 12.7 Å². The zero-order valence-corrected chi connectivity index (χ0v) is 8.12. The molecule has 0 atom stereocenters. The molecule has 16 heavy (non-hydrogen) atoms. The monoisotopic (exact) mass is 222 g/mol. The van der Waals surface area contributed by atoms with E-state index in [-0.39, 0.29) is 18.9 Å². The second kappa shape index (κ2) is 4.06. The van der Waals surface area contributed by atoms with E-state index >= 15 is 0 Å². The van der Waals surface area contributed by atoms with Gasteiger partial charge in [-0.05, 0) is 0 Å². The van der Waals surface area contributed by atoms with E-state index < -0.39 is 11.7 Å². The predicted octanol–water partition coefficient (Wildman–Crippen LogP) is 1.41. The number of amides is 1. The average molecular weight is 222 g/mol. The van der Waals surface area contributed by atoms with Crippen molar-refractivity contribution in [3.63, 3.8) is 0 Å². The molecule has 1 aromatic carbocycles. The summed E-state index contributed by atoms with van der Waals surface area (Å²) in [5.74, 6) is -0.528. The zero-order chi connectivity index (χ0) is 11.5. The van der Waals surface area contributed by atoms with Gasteiger partial charge >= 0.3 is 0 Å². The number of benzene rings is 1. The summed E-state index contributed by atoms with van der Waals surface area (Å²) in [6.45, 7) is 0.0321. The third-order valence-corrected chi connectivity index (χ3v) is 1.98. The van der Waals surface area contributed by atoms with Crippen LogP contribution < -0.4 is 14.8 Å². The fourth-order valence-corrected chi connectivity index (χ4v) is 1.28. The summed E-state index contributed by atoms with van der Waals surface area (Å²) in [6, 6.07) is 4.12. The Kier molecular flexibility index (Phi) is 2.60. The average Bonchev–Trinajstić information content (AvgIpc) is 2.65. The standard InChI is InChI=1S/C10H7FN2O3/c11-6-3-8-9(16-5-15-8)4-7(6)13-10(14)1-2-12/h3-4H,1,5H2,(H,13,14). The van der Waals surface area contributed by atoms with Crippen LogP contribution >= 0.6 is 0 Å². The number of carbonyl (C=O) groups excluding carboxylic acids is 1. The SMILES string of the molecule is N#CCC(=O)Nc1cc2c(cc1F)OCO2. The van der Waals surface area contributed by atoms with Gasteiger partial charge in [-0.15, -0.1) is 0 Å². The van der Waals surface area contributed by atoms with Crippen LogP contribution in [0, 0.1) is 17.1 Å². The second-order valence-corrected chi connectivity index (χ2v) is 3.07. The van der Waals surface area contributed by atoms with E-state index in [4.69, 9.17) is 14.7 Å². The Hall–Kier alpha value is -2.29. The molecule has 1 amide bonds. The van der Waals surface area contributed by atoms with E-state index in [9.17, 15) is 9.18 Å². The molecule has 0 saturated carbocycles. The van der Waals surface area contributed by atoms with E-state index in [2.05, 4.69) is 5.32 Å². The molecular formula is C10H7FN2O3. The maximum atomic E-state index is 13.4. The van der Waals surface area contributed by atoms with Gasteiger partial charge in [-0.3, -0.25) is 4.79 Å². The second-order valence-electron chi connectivity index (χ2n) is 3.07. The Morgan fingerprint density at radius 3 is 2.88 bits per heavy atom. The molecule has 5 nitrogen and oxygen atoms in total. The van der Waals surface area contributed by atoms with E-state index in [1.54, 1.807) is 6.07 Å². The van der Waals surface area contributed by atoms with Gasteiger partial charge in [-0.2, -0.15) is 5.26 Å². The summed E-state index contributed by atoms with van der Waals surface area (Å²) in [5, 5.41) is 10.6. The highest BCUT2D eigenvalue weighted by atomic mass is 19.1. The van der Waals surface area contributed by atoms with Crippen LogP contribution in [0.2, 0.25) is 0 Å². The van der Waals surface area contributed by atoms with Crippen molar-refractivity contribution in [2.75, 3.05) is 12.1 Å². The van der Waals surface area contributed by atoms with Gasteiger partial charge < -0.3 is 14.8 Å². The van der Waals surface area contributed by atoms with Crippen molar-refractivity contribution >= 4 is 11.6 Å². The molecule has 0 aliphatic carbocycles. The fraction of sp³-hybridized carbons (Fsp3) is 0.200. The minimum atomic E-state index is -0.629. The van der Waals surface area contributed by atoms with Crippen LogP contribution in [0.3, 0.4) is 0 Å². The molecule has 1 aliphatic heterocycles. The largest absolute Gasteiger partial charge is 0.454 e. The van der Waals surface area contributed by atoms with Crippen LogP contribution in [0.5, 0.6) is 11.5 Å². The lowest BCUT2D eigenvalue weighted by Crippen LogP contribution is -2.11. The third kappa shape index (κ3) is 1.88. The molecule has 1 N–H and O–H groups in total. The maximum Gasteiger partial charge on any atom is 0.238 e. The quantitative estimate of drug-likeness (QED) is 0.821. The highest BCUT2D eigenvalue weighted by Crippen LogP contribution is 2.36. The number of nitriles is 1. The summed E-state index contributed by atoms with van der Waals surface area (Å²) in [4.78, 5) is 11.1. The minimum Gasteiger partial charge on any atom is -0.454 e. The molecule has 82 valence electrons. The van der Waals surface area contributed by atoms with Crippen LogP contribution in [0.1, 0.15) is 6.42 Å². The first-order chi connectivity index (χ1) is 7.70. The van der Waals surface area contributed by atoms with Crippen molar-refractivity contribution in [2.45, 2.75) is 6.42 Å². The number of nitrogens with one attached hydrogen (secondary N) is 1. The number of carbonyl (C=O) groups is 1. The van der Waals surface area contributed by atoms with Gasteiger partial charge in [-0.1, -0.05) is 0 Å². The Morgan fingerprint density at radius 1 is 1.50 bits per heavy atom. The van der Waals surface area contributed by atoms with Crippen molar-refractivity contribution in [3.8, 4) is 17.6 Å². The van der Waals surface area contributed by atoms with Gasteiger partial charge in [0.05, 0.1) is 11.8 Å². The van der Waals surface area contributed by atoms with Crippen LogP contribution in [0.4, 0.5) is 10.1 Å². The molecule has 0 unspecified atom stereocenters. The topological polar surface area (TPSA) is 71.4 Å². The van der Waals surface area contributed by atoms with E-state index in [0.717, 1.165) is 6.07 Å². The third-order valence-electron chi connectivity index (χ3n) is 1.98. The normalized spacial score (nSPS) is 12.0. The van der Waals surface area contributed by atoms with Gasteiger partial charge in [0.1, 0.15) is 6.42 Å². The number of anilines is 1. The number of halogens is 1. The van der Waals surface area contributed by atoms with Crippen molar-refractivity contribution < 1.29 is 18.7 Å². The Morgan fingerprint density at radius 2 is 2.19 bits per heavy atom. The molecule has 2 rings (SSSR count). The summed E-state index contributed by atoms with van der Waals surface area (Å²) in [7, 11) is 0. The van der Waals surface area contributed by atoms with Gasteiger partial charge in [0.15, 0.2) is 17.3 Å². The van der Waals surface area contributed by atoms with Gasteiger partial charge in [0.2, 0.25) is 12.7 Å². The van der Waals surface area contributed by atoms with Crippen LogP contribution in [0.25, 0.3) is 0 Å². The lowest BCUT2D eigenvalue weighted by molar-refractivity contribution is -0.115. The van der Waals surface area contributed by atoms with Crippen LogP contribution in [-0.2, 0) is 4.79 Å². The van der Waals surface area contributed by atoms with Gasteiger partial charge in [-0.25, -0.2) is 4.39 Å². The first kappa shape index (κ1) is 10.2. The molecule has 1 aromatic rings. The minimum absolute atomic E-state index is 0.0236. The Balaban J connectivity index is 2.22.